The number of amides is 2. The predicted molar refractivity (Wildman–Crippen MR) is 104 cm³/mol. The minimum Gasteiger partial charge on any atom is -0.481 e. The van der Waals surface area contributed by atoms with E-state index in [4.69, 9.17) is 19.3 Å². The van der Waals surface area contributed by atoms with Gasteiger partial charge in [-0.1, -0.05) is 12.1 Å². The molecular weight excluding hydrogens is 396 g/mol. The highest BCUT2D eigenvalue weighted by Crippen LogP contribution is 2.26. The number of para-hydroxylation sites is 1. The maximum absolute atomic E-state index is 12.7. The van der Waals surface area contributed by atoms with Crippen LogP contribution in [0.15, 0.2) is 30.3 Å². The van der Waals surface area contributed by atoms with Gasteiger partial charge < -0.3 is 30.0 Å². The number of carbonyl (C=O) groups excluding carboxylic acids is 2. The lowest BCUT2D eigenvalue weighted by molar-refractivity contribution is -0.141. The van der Waals surface area contributed by atoms with Gasteiger partial charge in [0.1, 0.15) is 17.8 Å². The average Bonchev–Trinajstić information content (AvgIpc) is 2.73. The SMILES string of the molecule is COc1cc(OC)nc(Oc2ccccc2C(=O)N[C@@H](C)C(=O)N[C@@H](C)C(=O)O)n1. The van der Waals surface area contributed by atoms with E-state index in [0.29, 0.717) is 0 Å². The van der Waals surface area contributed by atoms with Gasteiger partial charge in [0, 0.05) is 0 Å². The number of nitrogens with zero attached hydrogens (tertiary/aromatic N) is 2. The highest BCUT2D eigenvalue weighted by molar-refractivity contribution is 6.00. The highest BCUT2D eigenvalue weighted by Gasteiger charge is 2.22. The molecule has 2 rings (SSSR count). The van der Waals surface area contributed by atoms with Crippen LogP contribution in [0.25, 0.3) is 0 Å². The lowest BCUT2D eigenvalue weighted by Crippen LogP contribution is -2.49. The number of aromatic nitrogens is 2. The Hall–Kier alpha value is -3.89. The zero-order valence-corrected chi connectivity index (χ0v) is 16.8. The van der Waals surface area contributed by atoms with Gasteiger partial charge >= 0.3 is 12.0 Å². The third-order valence-electron chi connectivity index (χ3n) is 3.88. The van der Waals surface area contributed by atoms with E-state index in [0.717, 1.165) is 0 Å². The van der Waals surface area contributed by atoms with E-state index in [2.05, 4.69) is 20.6 Å². The molecular formula is C19H22N4O7. The van der Waals surface area contributed by atoms with E-state index in [1.54, 1.807) is 12.1 Å². The topological polar surface area (TPSA) is 149 Å². The van der Waals surface area contributed by atoms with Crippen molar-refractivity contribution in [3.63, 3.8) is 0 Å². The first-order valence-corrected chi connectivity index (χ1v) is 8.83. The summed E-state index contributed by atoms with van der Waals surface area (Å²) in [6.45, 7) is 2.75. The van der Waals surface area contributed by atoms with Crippen LogP contribution in [0.1, 0.15) is 24.2 Å². The van der Waals surface area contributed by atoms with Crippen molar-refractivity contribution in [2.45, 2.75) is 25.9 Å². The number of benzene rings is 1. The van der Waals surface area contributed by atoms with Gasteiger partial charge in [0.15, 0.2) is 0 Å². The van der Waals surface area contributed by atoms with E-state index in [1.807, 2.05) is 0 Å². The molecule has 0 aliphatic heterocycles. The molecule has 1 aromatic carbocycles. The van der Waals surface area contributed by atoms with Crippen molar-refractivity contribution in [1.82, 2.24) is 20.6 Å². The number of hydrogen-bond acceptors (Lipinski definition) is 8. The fraction of sp³-hybridized carbons (Fsp3) is 0.316. The van der Waals surface area contributed by atoms with Crippen molar-refractivity contribution in [2.24, 2.45) is 0 Å². The van der Waals surface area contributed by atoms with Crippen molar-refractivity contribution in [1.29, 1.82) is 0 Å². The maximum atomic E-state index is 12.7. The van der Waals surface area contributed by atoms with Crippen LogP contribution in [0.3, 0.4) is 0 Å². The molecule has 2 atom stereocenters. The quantitative estimate of drug-likeness (QED) is 0.542. The van der Waals surface area contributed by atoms with Gasteiger partial charge in [-0.3, -0.25) is 14.4 Å². The van der Waals surface area contributed by atoms with Gasteiger partial charge in [-0.25, -0.2) is 0 Å². The molecule has 0 spiro atoms. The zero-order valence-electron chi connectivity index (χ0n) is 16.8. The summed E-state index contributed by atoms with van der Waals surface area (Å²) in [5.74, 6) is -1.89. The monoisotopic (exact) mass is 418 g/mol. The average molecular weight is 418 g/mol. The van der Waals surface area contributed by atoms with Gasteiger partial charge in [-0.2, -0.15) is 9.97 Å². The van der Waals surface area contributed by atoms with Crippen molar-refractivity contribution in [3.05, 3.63) is 35.9 Å². The molecule has 1 heterocycles. The summed E-state index contributed by atoms with van der Waals surface area (Å²) >= 11 is 0. The van der Waals surface area contributed by atoms with Crippen LogP contribution < -0.4 is 24.8 Å². The summed E-state index contributed by atoms with van der Waals surface area (Å²) in [5.41, 5.74) is 0.119. The predicted octanol–water partition coefficient (Wildman–Crippen LogP) is 0.994. The zero-order chi connectivity index (χ0) is 22.3. The lowest BCUT2D eigenvalue weighted by atomic mass is 10.1. The molecule has 30 heavy (non-hydrogen) atoms. The first kappa shape index (κ1) is 22.4. The van der Waals surface area contributed by atoms with Crippen molar-refractivity contribution >= 4 is 17.8 Å². The number of carbonyl (C=O) groups is 3. The summed E-state index contributed by atoms with van der Waals surface area (Å²) in [6.07, 6.45) is 0. The van der Waals surface area contributed by atoms with Gasteiger partial charge in [-0.15, -0.1) is 0 Å². The lowest BCUT2D eigenvalue weighted by Gasteiger charge is -2.17. The van der Waals surface area contributed by atoms with Gasteiger partial charge in [-0.05, 0) is 26.0 Å². The number of rotatable bonds is 9. The molecule has 0 saturated carbocycles. The fourth-order valence-electron chi connectivity index (χ4n) is 2.22. The number of ether oxygens (including phenoxy) is 3. The summed E-state index contributed by atoms with van der Waals surface area (Å²) in [6, 6.07) is 5.57. The molecule has 160 valence electrons. The second kappa shape index (κ2) is 10.0. The van der Waals surface area contributed by atoms with Gasteiger partial charge in [0.05, 0.1) is 25.8 Å². The number of nitrogens with one attached hydrogen (secondary N) is 2. The molecule has 0 fully saturated rings. The molecule has 0 radical (unpaired) electrons. The molecule has 2 amide bonds. The molecule has 0 unspecified atom stereocenters. The molecule has 1 aromatic heterocycles. The van der Waals surface area contributed by atoms with E-state index < -0.39 is 29.9 Å². The van der Waals surface area contributed by atoms with Crippen molar-refractivity contribution < 1.29 is 33.7 Å². The number of methoxy groups -OCH3 is 2. The van der Waals surface area contributed by atoms with Crippen molar-refractivity contribution in [3.8, 4) is 23.5 Å². The van der Waals surface area contributed by atoms with Gasteiger partial charge in [0.25, 0.3) is 5.91 Å². The van der Waals surface area contributed by atoms with Crippen LogP contribution in [-0.4, -0.2) is 59.2 Å². The third kappa shape index (κ3) is 5.80. The first-order chi connectivity index (χ1) is 14.2. The van der Waals surface area contributed by atoms with Crippen LogP contribution in [-0.2, 0) is 9.59 Å². The van der Waals surface area contributed by atoms with Gasteiger partial charge in [0.2, 0.25) is 17.7 Å². The minimum atomic E-state index is -1.19. The Morgan fingerprint density at radius 3 is 2.13 bits per heavy atom. The third-order valence-corrected chi connectivity index (χ3v) is 3.88. The molecule has 11 heteroatoms. The van der Waals surface area contributed by atoms with Crippen molar-refractivity contribution in [2.75, 3.05) is 14.2 Å². The van der Waals surface area contributed by atoms with Crippen LogP contribution in [0.5, 0.6) is 23.5 Å². The second-order valence-electron chi connectivity index (χ2n) is 6.10. The number of aliphatic carboxylic acids is 1. The number of hydrogen-bond donors (Lipinski definition) is 3. The summed E-state index contributed by atoms with van der Waals surface area (Å²) in [7, 11) is 2.84. The minimum absolute atomic E-state index is 0.104. The summed E-state index contributed by atoms with van der Waals surface area (Å²) in [4.78, 5) is 43.7. The smallest absolute Gasteiger partial charge is 0.328 e. The van der Waals surface area contributed by atoms with Crippen LogP contribution in [0.2, 0.25) is 0 Å². The Balaban J connectivity index is 2.17. The first-order valence-electron chi connectivity index (χ1n) is 8.83. The largest absolute Gasteiger partial charge is 0.481 e. The maximum Gasteiger partial charge on any atom is 0.328 e. The molecule has 0 aliphatic rings. The Morgan fingerprint density at radius 2 is 1.57 bits per heavy atom. The molecule has 0 saturated heterocycles. The standard InChI is InChI=1S/C19H22N4O7/c1-10(16(24)21-11(2)18(26)27)20-17(25)12-7-5-6-8-13(12)30-19-22-14(28-3)9-15(23-19)29-4/h5-11H,1-4H3,(H,20,25)(H,21,24)(H,26,27)/t10-,11-/m0/s1. The number of carboxylic acids is 1. The summed E-state index contributed by atoms with van der Waals surface area (Å²) < 4.78 is 15.8. The molecule has 2 aromatic rings. The van der Waals surface area contributed by atoms with E-state index in [1.165, 1.54) is 46.3 Å². The normalized spacial score (nSPS) is 12.3. The van der Waals surface area contributed by atoms with E-state index in [9.17, 15) is 14.4 Å². The Morgan fingerprint density at radius 1 is 0.967 bits per heavy atom. The van der Waals surface area contributed by atoms with Crippen LogP contribution in [0, 0.1) is 0 Å². The molecule has 0 bridgehead atoms. The fourth-order valence-corrected chi connectivity index (χ4v) is 2.22. The van der Waals surface area contributed by atoms with Crippen LogP contribution >= 0.6 is 0 Å². The number of carboxylic acid groups (broad SMARTS) is 1. The van der Waals surface area contributed by atoms with E-state index in [-0.39, 0.29) is 29.1 Å². The Kier molecular flexibility index (Phi) is 7.50. The van der Waals surface area contributed by atoms with Crippen LogP contribution in [0.4, 0.5) is 0 Å². The van der Waals surface area contributed by atoms with E-state index >= 15 is 0 Å². The Labute approximate surface area is 172 Å². The molecule has 3 N–H and O–H groups in total. The molecule has 11 nitrogen and oxygen atoms in total. The Bertz CT molecular complexity index is 913. The highest BCUT2D eigenvalue weighted by atomic mass is 16.5. The summed E-state index contributed by atoms with van der Waals surface area (Å²) in [5, 5.41) is 13.7. The molecule has 0 aliphatic carbocycles. The second-order valence-corrected chi connectivity index (χ2v) is 6.10.